The van der Waals surface area contributed by atoms with E-state index < -0.39 is 0 Å². The third-order valence-corrected chi connectivity index (χ3v) is 2.67. The summed E-state index contributed by atoms with van der Waals surface area (Å²) in [6.07, 6.45) is 4.18. The zero-order valence-corrected chi connectivity index (χ0v) is 7.93. The first kappa shape index (κ1) is 9.24. The summed E-state index contributed by atoms with van der Waals surface area (Å²) in [4.78, 5) is 21.6. The highest BCUT2D eigenvalue weighted by atomic mass is 16.6. The smallest absolute Gasteiger partial charge is 0.306 e. The van der Waals surface area contributed by atoms with Crippen LogP contribution in [0.5, 0.6) is 0 Å². The van der Waals surface area contributed by atoms with E-state index in [9.17, 15) is 9.59 Å². The molecule has 2 rings (SSSR count). The molecule has 1 saturated heterocycles. The summed E-state index contributed by atoms with van der Waals surface area (Å²) in [5, 5.41) is 0. The summed E-state index contributed by atoms with van der Waals surface area (Å²) in [6, 6.07) is 0. The highest BCUT2D eigenvalue weighted by Crippen LogP contribution is 2.36. The van der Waals surface area contributed by atoms with Gasteiger partial charge in [-0.3, -0.25) is 9.59 Å². The molecule has 0 radical (unpaired) electrons. The van der Waals surface area contributed by atoms with E-state index in [2.05, 4.69) is 0 Å². The molecule has 4 heteroatoms. The highest BCUT2D eigenvalue weighted by Gasteiger charge is 2.41. The Kier molecular flexibility index (Phi) is 2.27. The van der Waals surface area contributed by atoms with E-state index in [4.69, 9.17) is 9.47 Å². The van der Waals surface area contributed by atoms with E-state index in [1.807, 2.05) is 12.2 Å². The van der Waals surface area contributed by atoms with Crippen molar-refractivity contribution in [2.24, 2.45) is 11.8 Å². The molecule has 0 aromatic rings. The molecule has 0 spiro atoms. The average Bonchev–Trinajstić information content (AvgIpc) is 2.60. The minimum Gasteiger partial charge on any atom is -0.465 e. The van der Waals surface area contributed by atoms with Crippen LogP contribution in [0.25, 0.3) is 0 Å². The molecule has 0 saturated carbocycles. The van der Waals surface area contributed by atoms with Crippen LogP contribution in [0, 0.1) is 11.8 Å². The van der Waals surface area contributed by atoms with Crippen molar-refractivity contribution in [3.8, 4) is 0 Å². The summed E-state index contributed by atoms with van der Waals surface area (Å²) < 4.78 is 9.97. The summed E-state index contributed by atoms with van der Waals surface area (Å²) in [6.45, 7) is 1.73. The third-order valence-electron chi connectivity index (χ3n) is 2.67. The molecule has 4 nitrogen and oxygen atoms in total. The molecule has 0 unspecified atom stereocenters. The first-order valence-corrected chi connectivity index (χ1v) is 4.68. The molecule has 0 aromatic carbocycles. The normalized spacial score (nSPS) is 34.1. The van der Waals surface area contributed by atoms with E-state index in [-0.39, 0.29) is 29.9 Å². The van der Waals surface area contributed by atoms with Gasteiger partial charge in [0.2, 0.25) is 0 Å². The van der Waals surface area contributed by atoms with Gasteiger partial charge in [-0.2, -0.15) is 0 Å². The zero-order valence-electron chi connectivity index (χ0n) is 7.93. The fourth-order valence-electron chi connectivity index (χ4n) is 1.96. The second-order valence-corrected chi connectivity index (χ2v) is 3.67. The molecule has 76 valence electrons. The number of hydrogen-bond donors (Lipinski definition) is 0. The van der Waals surface area contributed by atoms with Crippen molar-refractivity contribution >= 4 is 11.9 Å². The second kappa shape index (κ2) is 3.44. The Labute approximate surface area is 81.9 Å². The lowest BCUT2D eigenvalue weighted by molar-refractivity contribution is -0.142. The topological polar surface area (TPSA) is 52.6 Å². The maximum absolute atomic E-state index is 11.0. The number of esters is 2. The Bertz CT molecular complexity index is 294. The fourth-order valence-corrected chi connectivity index (χ4v) is 1.96. The standard InChI is InChI=1S/C10H12O4/c1-6(11)13-5-7-2-3-9-8(7)4-10(12)14-9/h2-3,7-9H,4-5H2,1H3/t7-,8+,9-/m0/s1. The number of carbonyl (C=O) groups is 2. The van der Waals surface area contributed by atoms with Gasteiger partial charge in [0.15, 0.2) is 0 Å². The average molecular weight is 196 g/mol. The van der Waals surface area contributed by atoms with Crippen molar-refractivity contribution in [3.63, 3.8) is 0 Å². The monoisotopic (exact) mass is 196 g/mol. The van der Waals surface area contributed by atoms with Gasteiger partial charge in [0.05, 0.1) is 13.0 Å². The molecule has 0 bridgehead atoms. The van der Waals surface area contributed by atoms with E-state index in [1.165, 1.54) is 6.92 Å². The molecule has 3 atom stereocenters. The molecule has 1 aliphatic heterocycles. The molecule has 0 amide bonds. The number of hydrogen-bond acceptors (Lipinski definition) is 4. The zero-order chi connectivity index (χ0) is 10.1. The summed E-state index contributed by atoms with van der Waals surface area (Å²) in [7, 11) is 0. The van der Waals surface area contributed by atoms with Gasteiger partial charge in [0, 0.05) is 18.8 Å². The van der Waals surface area contributed by atoms with Crippen molar-refractivity contribution in [3.05, 3.63) is 12.2 Å². The van der Waals surface area contributed by atoms with E-state index in [0.717, 1.165) is 0 Å². The Hall–Kier alpha value is -1.32. The predicted molar refractivity (Wildman–Crippen MR) is 47.3 cm³/mol. The van der Waals surface area contributed by atoms with E-state index in [0.29, 0.717) is 13.0 Å². The Morgan fingerprint density at radius 1 is 1.64 bits per heavy atom. The molecular formula is C10H12O4. The predicted octanol–water partition coefficient (Wildman–Crippen LogP) is 0.667. The summed E-state index contributed by atoms with van der Waals surface area (Å²) >= 11 is 0. The van der Waals surface area contributed by atoms with Crippen molar-refractivity contribution < 1.29 is 19.1 Å². The van der Waals surface area contributed by atoms with Gasteiger partial charge in [-0.1, -0.05) is 6.08 Å². The van der Waals surface area contributed by atoms with Crippen LogP contribution in [0.2, 0.25) is 0 Å². The minimum atomic E-state index is -0.285. The van der Waals surface area contributed by atoms with Gasteiger partial charge < -0.3 is 9.47 Å². The summed E-state index contributed by atoms with van der Waals surface area (Å²) in [5.74, 6) is -0.138. The maximum atomic E-state index is 11.0. The summed E-state index contributed by atoms with van der Waals surface area (Å²) in [5.41, 5.74) is 0. The Morgan fingerprint density at radius 3 is 3.14 bits per heavy atom. The molecule has 0 aromatic heterocycles. The van der Waals surface area contributed by atoms with Gasteiger partial charge >= 0.3 is 11.9 Å². The molecule has 14 heavy (non-hydrogen) atoms. The number of rotatable bonds is 2. The fraction of sp³-hybridized carbons (Fsp3) is 0.600. The molecule has 1 fully saturated rings. The van der Waals surface area contributed by atoms with Crippen LogP contribution in [0.15, 0.2) is 12.2 Å². The SMILES string of the molecule is CC(=O)OC[C@@H]1C=C[C@@H]2OC(=O)C[C@@H]21. The van der Waals surface area contributed by atoms with Crippen LogP contribution >= 0.6 is 0 Å². The lowest BCUT2D eigenvalue weighted by Gasteiger charge is -2.15. The van der Waals surface area contributed by atoms with Crippen molar-refractivity contribution in [2.45, 2.75) is 19.4 Å². The van der Waals surface area contributed by atoms with Crippen LogP contribution in [0.3, 0.4) is 0 Å². The molecular weight excluding hydrogens is 184 g/mol. The second-order valence-electron chi connectivity index (χ2n) is 3.67. The first-order chi connectivity index (χ1) is 6.66. The van der Waals surface area contributed by atoms with Gasteiger partial charge in [0.25, 0.3) is 0 Å². The van der Waals surface area contributed by atoms with Gasteiger partial charge in [0.1, 0.15) is 6.10 Å². The number of carbonyl (C=O) groups excluding carboxylic acids is 2. The Morgan fingerprint density at radius 2 is 2.43 bits per heavy atom. The largest absolute Gasteiger partial charge is 0.465 e. The van der Waals surface area contributed by atoms with E-state index in [1.54, 1.807) is 0 Å². The van der Waals surface area contributed by atoms with Crippen LogP contribution in [0.4, 0.5) is 0 Å². The van der Waals surface area contributed by atoms with E-state index >= 15 is 0 Å². The lowest BCUT2D eigenvalue weighted by atomic mass is 9.93. The van der Waals surface area contributed by atoms with Crippen molar-refractivity contribution in [2.75, 3.05) is 6.61 Å². The molecule has 1 aliphatic carbocycles. The first-order valence-electron chi connectivity index (χ1n) is 4.68. The van der Waals surface area contributed by atoms with Crippen LogP contribution in [-0.2, 0) is 19.1 Å². The van der Waals surface area contributed by atoms with Gasteiger partial charge in [-0.15, -0.1) is 0 Å². The van der Waals surface area contributed by atoms with Crippen molar-refractivity contribution in [1.29, 1.82) is 0 Å². The molecule has 1 heterocycles. The van der Waals surface area contributed by atoms with Crippen molar-refractivity contribution in [1.82, 2.24) is 0 Å². The van der Waals surface area contributed by atoms with Gasteiger partial charge in [-0.05, 0) is 6.08 Å². The van der Waals surface area contributed by atoms with Crippen LogP contribution in [-0.4, -0.2) is 24.6 Å². The quantitative estimate of drug-likeness (QED) is 0.481. The lowest BCUT2D eigenvalue weighted by Crippen LogP contribution is -2.20. The van der Waals surface area contributed by atoms with Gasteiger partial charge in [-0.25, -0.2) is 0 Å². The van der Waals surface area contributed by atoms with Crippen LogP contribution < -0.4 is 0 Å². The third kappa shape index (κ3) is 1.64. The number of ether oxygens (including phenoxy) is 2. The Balaban J connectivity index is 1.92. The number of fused-ring (bicyclic) bond motifs is 1. The molecule has 2 aliphatic rings. The maximum Gasteiger partial charge on any atom is 0.306 e. The molecule has 0 N–H and O–H groups in total. The van der Waals surface area contributed by atoms with Crippen LogP contribution in [0.1, 0.15) is 13.3 Å². The highest BCUT2D eigenvalue weighted by molar-refractivity contribution is 5.73. The minimum absolute atomic E-state index is 0.0944.